The van der Waals surface area contributed by atoms with Crippen molar-refractivity contribution in [3.63, 3.8) is 0 Å². The molecule has 4 nitrogen and oxygen atoms in total. The smallest absolute Gasteiger partial charge is 0.261 e. The Morgan fingerprint density at radius 1 is 0.826 bits per heavy atom. The number of aryl methyl sites for hydroxylation is 1. The molecule has 0 fully saturated rings. The average molecular weight is 306 g/mol. The van der Waals surface area contributed by atoms with Crippen LogP contribution in [0.5, 0.6) is 0 Å². The van der Waals surface area contributed by atoms with Crippen molar-refractivity contribution in [3.8, 4) is 0 Å². The van der Waals surface area contributed by atoms with Gasteiger partial charge in [0, 0.05) is 25.3 Å². The van der Waals surface area contributed by atoms with Crippen LogP contribution in [0.25, 0.3) is 0 Å². The Morgan fingerprint density at radius 3 is 2.22 bits per heavy atom. The fourth-order valence-electron chi connectivity index (χ4n) is 3.51. The highest BCUT2D eigenvalue weighted by molar-refractivity contribution is 6.21. The number of amides is 2. The van der Waals surface area contributed by atoms with Crippen molar-refractivity contribution >= 4 is 17.5 Å². The number of benzene rings is 2. The summed E-state index contributed by atoms with van der Waals surface area (Å²) in [5.41, 5.74) is 3.63. The highest BCUT2D eigenvalue weighted by atomic mass is 16.2. The molecular weight excluding hydrogens is 288 g/mol. The number of carbonyl (C=O) groups is 2. The van der Waals surface area contributed by atoms with Gasteiger partial charge in [-0.25, -0.2) is 0 Å². The van der Waals surface area contributed by atoms with Crippen molar-refractivity contribution < 1.29 is 9.59 Å². The molecule has 116 valence electrons. The van der Waals surface area contributed by atoms with Gasteiger partial charge in [-0.1, -0.05) is 30.3 Å². The molecule has 2 aromatic rings. The van der Waals surface area contributed by atoms with Gasteiger partial charge < -0.3 is 4.90 Å². The molecule has 2 heterocycles. The van der Waals surface area contributed by atoms with Gasteiger partial charge in [0.1, 0.15) is 0 Å². The van der Waals surface area contributed by atoms with Crippen molar-refractivity contribution in [1.29, 1.82) is 0 Å². The van der Waals surface area contributed by atoms with E-state index in [1.165, 1.54) is 16.2 Å². The standard InChI is InChI=1S/C19H18N2O2/c22-18-15-8-2-3-9-16(15)19(23)21(18)13-12-20-11-5-7-14-6-1-4-10-17(14)20/h1-4,6,8-10H,5,7,11-13H2. The second kappa shape index (κ2) is 5.54. The van der Waals surface area contributed by atoms with Crippen molar-refractivity contribution in [1.82, 2.24) is 4.90 Å². The normalized spacial score (nSPS) is 16.5. The lowest BCUT2D eigenvalue weighted by atomic mass is 10.0. The highest BCUT2D eigenvalue weighted by Crippen LogP contribution is 2.27. The number of imide groups is 1. The van der Waals surface area contributed by atoms with E-state index >= 15 is 0 Å². The van der Waals surface area contributed by atoms with Gasteiger partial charge in [-0.05, 0) is 36.6 Å². The van der Waals surface area contributed by atoms with Crippen LogP contribution in [-0.4, -0.2) is 36.3 Å². The van der Waals surface area contributed by atoms with Crippen LogP contribution in [0.1, 0.15) is 32.7 Å². The zero-order valence-corrected chi connectivity index (χ0v) is 12.9. The minimum atomic E-state index is -0.170. The second-order valence-electron chi connectivity index (χ2n) is 6.03. The van der Waals surface area contributed by atoms with Gasteiger partial charge in [-0.2, -0.15) is 0 Å². The topological polar surface area (TPSA) is 40.6 Å². The number of hydrogen-bond acceptors (Lipinski definition) is 3. The number of hydrogen-bond donors (Lipinski definition) is 0. The van der Waals surface area contributed by atoms with Crippen LogP contribution >= 0.6 is 0 Å². The molecule has 0 N–H and O–H groups in total. The Bertz CT molecular complexity index is 749. The molecule has 2 aliphatic rings. The van der Waals surface area contributed by atoms with Gasteiger partial charge in [-0.15, -0.1) is 0 Å². The van der Waals surface area contributed by atoms with Crippen LogP contribution in [0.15, 0.2) is 48.5 Å². The summed E-state index contributed by atoms with van der Waals surface area (Å²) in [4.78, 5) is 28.5. The maximum absolute atomic E-state index is 12.4. The Labute approximate surface area is 135 Å². The van der Waals surface area contributed by atoms with E-state index in [1.807, 2.05) is 6.07 Å². The lowest BCUT2D eigenvalue weighted by Gasteiger charge is -2.32. The predicted octanol–water partition coefficient (Wildman–Crippen LogP) is 2.74. The molecule has 0 radical (unpaired) electrons. The lowest BCUT2D eigenvalue weighted by Crippen LogP contribution is -2.40. The van der Waals surface area contributed by atoms with Crippen LogP contribution in [0, 0.1) is 0 Å². The number of carbonyl (C=O) groups excluding carboxylic acids is 2. The second-order valence-corrected chi connectivity index (χ2v) is 6.03. The first-order chi connectivity index (χ1) is 11.3. The van der Waals surface area contributed by atoms with Gasteiger partial charge in [0.05, 0.1) is 11.1 Å². The van der Waals surface area contributed by atoms with E-state index in [4.69, 9.17) is 0 Å². The Kier molecular flexibility index (Phi) is 3.37. The maximum Gasteiger partial charge on any atom is 0.261 e. The summed E-state index contributed by atoms with van der Waals surface area (Å²) < 4.78 is 0. The molecule has 23 heavy (non-hydrogen) atoms. The number of nitrogens with zero attached hydrogens (tertiary/aromatic N) is 2. The maximum atomic E-state index is 12.4. The van der Waals surface area contributed by atoms with Crippen molar-refractivity contribution in [3.05, 3.63) is 65.2 Å². The molecule has 0 atom stereocenters. The molecule has 0 saturated carbocycles. The van der Waals surface area contributed by atoms with Gasteiger partial charge in [-0.3, -0.25) is 14.5 Å². The minimum Gasteiger partial charge on any atom is -0.370 e. The molecule has 0 bridgehead atoms. The predicted molar refractivity (Wildman–Crippen MR) is 88.8 cm³/mol. The van der Waals surface area contributed by atoms with E-state index in [0.29, 0.717) is 24.2 Å². The first-order valence-corrected chi connectivity index (χ1v) is 8.04. The summed E-state index contributed by atoms with van der Waals surface area (Å²) in [6.45, 7) is 2.09. The quantitative estimate of drug-likeness (QED) is 0.819. The number of anilines is 1. The third-order valence-corrected chi connectivity index (χ3v) is 4.68. The van der Waals surface area contributed by atoms with Crippen LogP contribution in [0.4, 0.5) is 5.69 Å². The fourth-order valence-corrected chi connectivity index (χ4v) is 3.51. The summed E-state index contributed by atoms with van der Waals surface area (Å²) in [6.07, 6.45) is 2.21. The Morgan fingerprint density at radius 2 is 1.48 bits per heavy atom. The SMILES string of the molecule is O=C1c2ccccc2C(=O)N1CCN1CCCc2ccccc21. The summed E-state index contributed by atoms with van der Waals surface area (Å²) in [5, 5.41) is 0. The summed E-state index contributed by atoms with van der Waals surface area (Å²) in [6, 6.07) is 15.4. The van der Waals surface area contributed by atoms with E-state index in [-0.39, 0.29) is 11.8 Å². The molecule has 0 aromatic heterocycles. The molecule has 2 amide bonds. The molecule has 0 aliphatic carbocycles. The van der Waals surface area contributed by atoms with Crippen molar-refractivity contribution in [2.24, 2.45) is 0 Å². The van der Waals surface area contributed by atoms with Gasteiger partial charge in [0.15, 0.2) is 0 Å². The van der Waals surface area contributed by atoms with Gasteiger partial charge >= 0.3 is 0 Å². The van der Waals surface area contributed by atoms with E-state index in [9.17, 15) is 9.59 Å². The third kappa shape index (κ3) is 2.31. The minimum absolute atomic E-state index is 0.170. The summed E-state index contributed by atoms with van der Waals surface area (Å²) in [5.74, 6) is -0.341. The van der Waals surface area contributed by atoms with Crippen LogP contribution in [0.2, 0.25) is 0 Å². The number of para-hydroxylation sites is 1. The molecule has 0 spiro atoms. The molecule has 0 saturated heterocycles. The van der Waals surface area contributed by atoms with E-state index < -0.39 is 0 Å². The van der Waals surface area contributed by atoms with Gasteiger partial charge in [0.25, 0.3) is 11.8 Å². The number of fused-ring (bicyclic) bond motifs is 2. The lowest BCUT2D eigenvalue weighted by molar-refractivity contribution is 0.0658. The van der Waals surface area contributed by atoms with E-state index in [2.05, 4.69) is 23.1 Å². The first kappa shape index (κ1) is 14.0. The summed E-state index contributed by atoms with van der Waals surface area (Å²) >= 11 is 0. The average Bonchev–Trinajstić information content (AvgIpc) is 2.84. The highest BCUT2D eigenvalue weighted by Gasteiger charge is 2.35. The van der Waals surface area contributed by atoms with Crippen LogP contribution < -0.4 is 4.90 Å². The number of rotatable bonds is 3. The molecule has 4 rings (SSSR count). The zero-order valence-electron chi connectivity index (χ0n) is 12.9. The molecular formula is C19H18N2O2. The van der Waals surface area contributed by atoms with Crippen molar-refractivity contribution in [2.75, 3.05) is 24.5 Å². The van der Waals surface area contributed by atoms with Gasteiger partial charge in [0.2, 0.25) is 0 Å². The van der Waals surface area contributed by atoms with E-state index in [0.717, 1.165) is 19.4 Å². The summed E-state index contributed by atoms with van der Waals surface area (Å²) in [7, 11) is 0. The Balaban J connectivity index is 1.51. The fraction of sp³-hybridized carbons (Fsp3) is 0.263. The molecule has 2 aromatic carbocycles. The zero-order chi connectivity index (χ0) is 15.8. The monoisotopic (exact) mass is 306 g/mol. The van der Waals surface area contributed by atoms with Crippen molar-refractivity contribution in [2.45, 2.75) is 12.8 Å². The third-order valence-electron chi connectivity index (χ3n) is 4.68. The largest absolute Gasteiger partial charge is 0.370 e. The molecule has 4 heteroatoms. The molecule has 2 aliphatic heterocycles. The Hall–Kier alpha value is -2.62. The van der Waals surface area contributed by atoms with E-state index in [1.54, 1.807) is 24.3 Å². The van der Waals surface area contributed by atoms with Crippen LogP contribution in [0.3, 0.4) is 0 Å². The first-order valence-electron chi connectivity index (χ1n) is 8.04. The molecule has 0 unspecified atom stereocenters. The van der Waals surface area contributed by atoms with Crippen LogP contribution in [-0.2, 0) is 6.42 Å².